The molecule has 2 aromatic heterocycles. The Morgan fingerprint density at radius 1 is 1.14 bits per heavy atom. The first kappa shape index (κ1) is 24.9. The molecule has 35 heavy (non-hydrogen) atoms. The normalized spacial score (nSPS) is 11.1. The van der Waals surface area contributed by atoms with Gasteiger partial charge < -0.3 is 5.84 Å². The lowest BCUT2D eigenvalue weighted by Crippen LogP contribution is -2.16. The summed E-state index contributed by atoms with van der Waals surface area (Å²) in [5, 5.41) is 23.9. The molecule has 0 fully saturated rings. The van der Waals surface area contributed by atoms with Gasteiger partial charge in [0.15, 0.2) is 4.34 Å². The second-order valence-electron chi connectivity index (χ2n) is 6.69. The lowest BCUT2D eigenvalue weighted by Gasteiger charge is -2.03. The van der Waals surface area contributed by atoms with Gasteiger partial charge in [-0.1, -0.05) is 76.8 Å². The Kier molecular flexibility index (Phi) is 8.52. The minimum Gasteiger partial charge on any atom is -0.334 e. The number of carbonyl (C=O) groups is 1. The number of nitrogens with two attached hydrogens (primary N) is 1. The standard InChI is InChI=1S/C20H17ClFN9OS3/c21-14-7-5-12(6-8-14)10-34-20-30-28-18(35-20)25-16(32)11-33-19-29-27-17(31(19)23)26-24-9-13-3-1-2-4-15(13)22/h1-9H,10-11,23H2,(H,26,27)(H,25,28,32)/b24-9+. The van der Waals surface area contributed by atoms with E-state index in [2.05, 4.69) is 36.2 Å². The molecule has 0 saturated heterocycles. The number of hydrogen-bond donors (Lipinski definition) is 3. The lowest BCUT2D eigenvalue weighted by atomic mass is 10.2. The van der Waals surface area contributed by atoms with E-state index in [-0.39, 0.29) is 17.6 Å². The first-order valence-electron chi connectivity index (χ1n) is 9.85. The third-order valence-electron chi connectivity index (χ3n) is 4.20. The van der Waals surface area contributed by atoms with E-state index in [4.69, 9.17) is 17.4 Å². The maximum Gasteiger partial charge on any atom is 0.264 e. The van der Waals surface area contributed by atoms with Gasteiger partial charge in [0.25, 0.3) is 5.95 Å². The molecule has 0 saturated carbocycles. The number of hydrogen-bond acceptors (Lipinski definition) is 11. The smallest absolute Gasteiger partial charge is 0.264 e. The summed E-state index contributed by atoms with van der Waals surface area (Å²) in [6, 6.07) is 13.7. The van der Waals surface area contributed by atoms with E-state index in [1.807, 2.05) is 24.3 Å². The van der Waals surface area contributed by atoms with Crippen LogP contribution >= 0.6 is 46.5 Å². The zero-order valence-electron chi connectivity index (χ0n) is 17.8. The maximum absolute atomic E-state index is 13.6. The highest BCUT2D eigenvalue weighted by Crippen LogP contribution is 2.29. The monoisotopic (exact) mass is 549 g/mol. The van der Waals surface area contributed by atoms with Gasteiger partial charge in [-0.05, 0) is 23.8 Å². The molecule has 180 valence electrons. The fraction of sp³-hybridized carbons (Fsp3) is 0.100. The second-order valence-corrected chi connectivity index (χ2v) is 10.3. The molecule has 4 N–H and O–H groups in total. The van der Waals surface area contributed by atoms with Crippen molar-refractivity contribution in [3.63, 3.8) is 0 Å². The fourth-order valence-electron chi connectivity index (χ4n) is 2.52. The van der Waals surface area contributed by atoms with Crippen LogP contribution in [0.5, 0.6) is 0 Å². The van der Waals surface area contributed by atoms with Crippen LogP contribution < -0.4 is 16.6 Å². The Bertz CT molecular complexity index is 1330. The van der Waals surface area contributed by atoms with Gasteiger partial charge in [0.2, 0.25) is 16.2 Å². The summed E-state index contributed by atoms with van der Waals surface area (Å²) in [4.78, 5) is 12.3. The number of aromatic nitrogens is 5. The van der Waals surface area contributed by atoms with Crippen LogP contribution in [-0.4, -0.2) is 42.9 Å². The average Bonchev–Trinajstić information content (AvgIpc) is 3.44. The van der Waals surface area contributed by atoms with Crippen molar-refractivity contribution in [2.45, 2.75) is 15.2 Å². The van der Waals surface area contributed by atoms with E-state index < -0.39 is 5.82 Å². The number of amides is 1. The maximum atomic E-state index is 13.6. The zero-order valence-corrected chi connectivity index (χ0v) is 21.0. The molecule has 0 aliphatic carbocycles. The molecule has 4 rings (SSSR count). The number of thioether (sulfide) groups is 2. The Balaban J connectivity index is 1.23. The van der Waals surface area contributed by atoms with Gasteiger partial charge >= 0.3 is 0 Å². The first-order chi connectivity index (χ1) is 17.0. The largest absolute Gasteiger partial charge is 0.334 e. The van der Waals surface area contributed by atoms with Crippen molar-refractivity contribution in [3.8, 4) is 0 Å². The molecule has 0 unspecified atom stereocenters. The highest BCUT2D eigenvalue weighted by molar-refractivity contribution is 8.00. The van der Waals surface area contributed by atoms with Gasteiger partial charge in [0.05, 0.1) is 12.0 Å². The number of rotatable bonds is 10. The van der Waals surface area contributed by atoms with Crippen LogP contribution in [0.2, 0.25) is 5.02 Å². The average molecular weight is 550 g/mol. The van der Waals surface area contributed by atoms with Crippen LogP contribution in [-0.2, 0) is 10.5 Å². The van der Waals surface area contributed by atoms with Crippen LogP contribution in [0.3, 0.4) is 0 Å². The van der Waals surface area contributed by atoms with Gasteiger partial charge in [-0.2, -0.15) is 5.10 Å². The van der Waals surface area contributed by atoms with Crippen molar-refractivity contribution in [1.82, 2.24) is 25.1 Å². The van der Waals surface area contributed by atoms with Crippen molar-refractivity contribution in [1.29, 1.82) is 0 Å². The number of nitrogen functional groups attached to an aromatic ring is 1. The van der Waals surface area contributed by atoms with Crippen LogP contribution in [0.25, 0.3) is 0 Å². The predicted octanol–water partition coefficient (Wildman–Crippen LogP) is 4.11. The number of halogens is 2. The predicted molar refractivity (Wildman–Crippen MR) is 138 cm³/mol. The van der Waals surface area contributed by atoms with E-state index in [1.165, 1.54) is 35.4 Å². The highest BCUT2D eigenvalue weighted by atomic mass is 35.5. The second kappa shape index (κ2) is 12.0. The SMILES string of the molecule is Nn1c(N/N=C/c2ccccc2F)nnc1SCC(=O)Nc1nnc(SCc2ccc(Cl)cc2)s1. The van der Waals surface area contributed by atoms with E-state index in [0.717, 1.165) is 26.3 Å². The van der Waals surface area contributed by atoms with Crippen LogP contribution in [0.1, 0.15) is 11.1 Å². The summed E-state index contributed by atoms with van der Waals surface area (Å²) in [6.45, 7) is 0. The molecule has 0 aliphatic rings. The minimum absolute atomic E-state index is 0.0284. The molecule has 0 spiro atoms. The molecule has 2 heterocycles. The highest BCUT2D eigenvalue weighted by Gasteiger charge is 2.14. The molecule has 1 amide bonds. The summed E-state index contributed by atoms with van der Waals surface area (Å²) in [5.74, 6) is 6.11. The van der Waals surface area contributed by atoms with Crippen molar-refractivity contribution in [2.24, 2.45) is 5.10 Å². The number of anilines is 2. The van der Waals surface area contributed by atoms with E-state index in [9.17, 15) is 9.18 Å². The number of benzene rings is 2. The molecule has 2 aromatic carbocycles. The zero-order chi connectivity index (χ0) is 24.6. The number of nitrogens with zero attached hydrogens (tertiary/aromatic N) is 6. The van der Waals surface area contributed by atoms with E-state index >= 15 is 0 Å². The Morgan fingerprint density at radius 2 is 1.94 bits per heavy atom. The van der Waals surface area contributed by atoms with E-state index in [1.54, 1.807) is 18.2 Å². The summed E-state index contributed by atoms with van der Waals surface area (Å²) < 4.78 is 15.5. The van der Waals surface area contributed by atoms with Gasteiger partial charge in [0.1, 0.15) is 5.82 Å². The van der Waals surface area contributed by atoms with Crippen molar-refractivity contribution in [3.05, 3.63) is 70.5 Å². The molecular formula is C20H17ClFN9OS3. The van der Waals surface area contributed by atoms with Crippen LogP contribution in [0, 0.1) is 5.82 Å². The van der Waals surface area contributed by atoms with Gasteiger partial charge in [-0.3, -0.25) is 10.1 Å². The quantitative estimate of drug-likeness (QED) is 0.0877. The molecule has 10 nitrogen and oxygen atoms in total. The third-order valence-corrected chi connectivity index (χ3v) is 7.44. The Hall–Kier alpha value is -3.20. The molecule has 15 heteroatoms. The lowest BCUT2D eigenvalue weighted by molar-refractivity contribution is -0.113. The molecule has 0 aliphatic heterocycles. The summed E-state index contributed by atoms with van der Waals surface area (Å²) in [7, 11) is 0. The summed E-state index contributed by atoms with van der Waals surface area (Å²) in [5.41, 5.74) is 4.00. The first-order valence-corrected chi connectivity index (χ1v) is 13.0. The number of nitrogens with one attached hydrogen (secondary N) is 2. The van der Waals surface area contributed by atoms with Crippen molar-refractivity contribution in [2.75, 3.05) is 22.3 Å². The van der Waals surface area contributed by atoms with Gasteiger partial charge in [0, 0.05) is 16.3 Å². The number of carbonyl (C=O) groups excluding carboxylic acids is 1. The van der Waals surface area contributed by atoms with E-state index in [0.29, 0.717) is 26.6 Å². The minimum atomic E-state index is -0.405. The third kappa shape index (κ3) is 7.14. The molecule has 4 aromatic rings. The summed E-state index contributed by atoms with van der Waals surface area (Å²) in [6.07, 6.45) is 1.30. The fourth-order valence-corrected chi connectivity index (χ4v) is 5.03. The van der Waals surface area contributed by atoms with Crippen molar-refractivity contribution < 1.29 is 9.18 Å². The number of hydrazone groups is 1. The molecule has 0 atom stereocenters. The van der Waals surface area contributed by atoms with Gasteiger partial charge in [-0.25, -0.2) is 14.5 Å². The molecule has 0 bridgehead atoms. The molecule has 0 radical (unpaired) electrons. The topological polar surface area (TPSA) is 136 Å². The Labute approximate surface area is 216 Å². The van der Waals surface area contributed by atoms with Crippen LogP contribution in [0.15, 0.2) is 63.1 Å². The van der Waals surface area contributed by atoms with Crippen molar-refractivity contribution >= 4 is 69.7 Å². The molecular weight excluding hydrogens is 533 g/mol. The van der Waals surface area contributed by atoms with Crippen LogP contribution in [0.4, 0.5) is 15.5 Å². The van der Waals surface area contributed by atoms with Gasteiger partial charge in [-0.15, -0.1) is 20.4 Å². The Morgan fingerprint density at radius 3 is 2.74 bits per heavy atom. The summed E-state index contributed by atoms with van der Waals surface area (Å²) >= 11 is 9.78.